The summed E-state index contributed by atoms with van der Waals surface area (Å²) in [4.78, 5) is 20.7. The number of carbonyl (C=O) groups excluding carboxylic acids is 1. The number of aromatic nitrogens is 2. The van der Waals surface area contributed by atoms with E-state index in [4.69, 9.17) is 0 Å². The number of hydrogen-bond donors (Lipinski definition) is 2. The molecule has 0 spiro atoms. The Morgan fingerprint density at radius 1 is 1.04 bits per heavy atom. The second-order valence-corrected chi connectivity index (χ2v) is 6.96. The zero-order valence-electron chi connectivity index (χ0n) is 15.9. The van der Waals surface area contributed by atoms with Gasteiger partial charge in [-0.25, -0.2) is 9.97 Å². The van der Waals surface area contributed by atoms with Crippen molar-refractivity contribution in [2.24, 2.45) is 5.92 Å². The molecule has 1 heterocycles. The van der Waals surface area contributed by atoms with Gasteiger partial charge in [-0.15, -0.1) is 0 Å². The summed E-state index contributed by atoms with van der Waals surface area (Å²) in [5.74, 6) is 1.08. The summed E-state index contributed by atoms with van der Waals surface area (Å²) >= 11 is 0. The molecule has 0 aliphatic rings. The lowest BCUT2D eigenvalue weighted by Crippen LogP contribution is -2.27. The van der Waals surface area contributed by atoms with Gasteiger partial charge in [0.2, 0.25) is 0 Å². The van der Waals surface area contributed by atoms with Crippen molar-refractivity contribution in [1.29, 1.82) is 0 Å². The molecule has 3 aromatic rings. The maximum Gasteiger partial charge on any atom is 0.251 e. The smallest absolute Gasteiger partial charge is 0.251 e. The van der Waals surface area contributed by atoms with Gasteiger partial charge in [-0.05, 0) is 43.2 Å². The van der Waals surface area contributed by atoms with E-state index in [2.05, 4.69) is 53.5 Å². The van der Waals surface area contributed by atoms with Gasteiger partial charge in [0.15, 0.2) is 0 Å². The third-order valence-corrected chi connectivity index (χ3v) is 4.07. The maximum atomic E-state index is 12.1. The number of amides is 1. The molecule has 0 aliphatic carbocycles. The summed E-state index contributed by atoms with van der Waals surface area (Å²) in [6.07, 6.45) is 1.55. The van der Waals surface area contributed by atoms with Crippen LogP contribution >= 0.6 is 0 Å². The van der Waals surface area contributed by atoms with Gasteiger partial charge in [-0.2, -0.15) is 0 Å². The molecule has 0 fully saturated rings. The van der Waals surface area contributed by atoms with Crippen molar-refractivity contribution >= 4 is 17.4 Å². The van der Waals surface area contributed by atoms with Gasteiger partial charge in [0, 0.05) is 29.4 Å². The summed E-state index contributed by atoms with van der Waals surface area (Å²) < 4.78 is 0. The first-order valence-corrected chi connectivity index (χ1v) is 9.05. The Balaban J connectivity index is 1.70. The van der Waals surface area contributed by atoms with E-state index in [0.717, 1.165) is 16.9 Å². The molecule has 2 aromatic carbocycles. The van der Waals surface area contributed by atoms with Crippen molar-refractivity contribution in [2.75, 3.05) is 11.9 Å². The van der Waals surface area contributed by atoms with E-state index >= 15 is 0 Å². The van der Waals surface area contributed by atoms with Gasteiger partial charge in [-0.3, -0.25) is 4.79 Å². The summed E-state index contributed by atoms with van der Waals surface area (Å²) in [7, 11) is 0. The fourth-order valence-electron chi connectivity index (χ4n) is 2.64. The average Bonchev–Trinajstić information content (AvgIpc) is 2.67. The number of nitrogens with zero attached hydrogens (tertiary/aromatic N) is 2. The van der Waals surface area contributed by atoms with Gasteiger partial charge in [0.25, 0.3) is 5.91 Å². The molecular formula is C22H24N4O. The Kier molecular flexibility index (Phi) is 5.81. The molecule has 3 rings (SSSR count). The van der Waals surface area contributed by atoms with Gasteiger partial charge in [0.1, 0.15) is 12.1 Å². The number of nitrogens with one attached hydrogen (secondary N) is 2. The van der Waals surface area contributed by atoms with Gasteiger partial charge in [-0.1, -0.05) is 37.6 Å². The predicted octanol–water partition coefficient (Wildman–Crippen LogP) is 4.58. The minimum Gasteiger partial charge on any atom is -0.352 e. The molecule has 0 radical (unpaired) electrons. The third kappa shape index (κ3) is 5.14. The second kappa shape index (κ2) is 8.45. The molecule has 0 atom stereocenters. The van der Waals surface area contributed by atoms with Crippen molar-refractivity contribution in [3.8, 4) is 11.3 Å². The molecule has 1 aromatic heterocycles. The van der Waals surface area contributed by atoms with E-state index in [1.807, 2.05) is 30.3 Å². The van der Waals surface area contributed by atoms with E-state index in [1.165, 1.54) is 5.56 Å². The lowest BCUT2D eigenvalue weighted by atomic mass is 10.1. The maximum absolute atomic E-state index is 12.1. The van der Waals surface area contributed by atoms with Crippen LogP contribution in [0, 0.1) is 12.8 Å². The number of hydrogen-bond acceptors (Lipinski definition) is 4. The minimum absolute atomic E-state index is 0.0565. The van der Waals surface area contributed by atoms with E-state index in [9.17, 15) is 4.79 Å². The first-order chi connectivity index (χ1) is 13.0. The molecule has 138 valence electrons. The predicted molar refractivity (Wildman–Crippen MR) is 109 cm³/mol. The Hall–Kier alpha value is -3.21. The van der Waals surface area contributed by atoms with Crippen LogP contribution < -0.4 is 10.6 Å². The second-order valence-electron chi connectivity index (χ2n) is 6.96. The number of benzene rings is 2. The number of carbonyl (C=O) groups is 1. The van der Waals surface area contributed by atoms with Crippen LogP contribution in [0.4, 0.5) is 11.5 Å². The molecule has 0 saturated heterocycles. The molecule has 1 amide bonds. The lowest BCUT2D eigenvalue weighted by Gasteiger charge is -2.10. The summed E-state index contributed by atoms with van der Waals surface area (Å²) in [6.45, 7) is 6.87. The van der Waals surface area contributed by atoms with Crippen LogP contribution in [0.1, 0.15) is 29.8 Å². The fourth-order valence-corrected chi connectivity index (χ4v) is 2.64. The molecule has 0 bridgehead atoms. The molecule has 0 unspecified atom stereocenters. The minimum atomic E-state index is -0.0565. The SMILES string of the molecule is Cc1cccc(-c2cc(Nc3ccc(C(=O)NCC(C)C)cc3)ncn2)c1. The first-order valence-electron chi connectivity index (χ1n) is 9.05. The molecule has 5 heteroatoms. The number of anilines is 2. The van der Waals surface area contributed by atoms with E-state index < -0.39 is 0 Å². The van der Waals surface area contributed by atoms with Crippen LogP contribution in [0.5, 0.6) is 0 Å². The summed E-state index contributed by atoms with van der Waals surface area (Å²) in [5.41, 5.74) is 4.61. The molecule has 27 heavy (non-hydrogen) atoms. The Bertz CT molecular complexity index is 920. The van der Waals surface area contributed by atoms with Crippen LogP contribution in [-0.4, -0.2) is 22.4 Å². The quantitative estimate of drug-likeness (QED) is 0.675. The highest BCUT2D eigenvalue weighted by molar-refractivity contribution is 5.94. The Morgan fingerprint density at radius 3 is 2.52 bits per heavy atom. The molecule has 0 aliphatic heterocycles. The van der Waals surface area contributed by atoms with Crippen molar-refractivity contribution in [2.45, 2.75) is 20.8 Å². The lowest BCUT2D eigenvalue weighted by molar-refractivity contribution is 0.0949. The van der Waals surface area contributed by atoms with Crippen LogP contribution in [0.25, 0.3) is 11.3 Å². The highest BCUT2D eigenvalue weighted by atomic mass is 16.1. The molecule has 2 N–H and O–H groups in total. The largest absolute Gasteiger partial charge is 0.352 e. The summed E-state index contributed by atoms with van der Waals surface area (Å²) in [6, 6.07) is 17.5. The average molecular weight is 360 g/mol. The Labute approximate surface area is 159 Å². The van der Waals surface area contributed by atoms with Crippen molar-refractivity contribution in [3.63, 3.8) is 0 Å². The van der Waals surface area contributed by atoms with Crippen LogP contribution in [-0.2, 0) is 0 Å². The number of aryl methyl sites for hydroxylation is 1. The van der Waals surface area contributed by atoms with Crippen LogP contribution in [0.15, 0.2) is 60.9 Å². The molecule has 5 nitrogen and oxygen atoms in total. The zero-order chi connectivity index (χ0) is 19.2. The topological polar surface area (TPSA) is 66.9 Å². The fraction of sp³-hybridized carbons (Fsp3) is 0.227. The van der Waals surface area contributed by atoms with Crippen molar-refractivity contribution < 1.29 is 4.79 Å². The summed E-state index contributed by atoms with van der Waals surface area (Å²) in [5, 5.41) is 6.18. The van der Waals surface area contributed by atoms with Gasteiger partial charge >= 0.3 is 0 Å². The van der Waals surface area contributed by atoms with E-state index in [1.54, 1.807) is 18.5 Å². The molecule has 0 saturated carbocycles. The monoisotopic (exact) mass is 360 g/mol. The standard InChI is InChI=1S/C22H24N4O/c1-15(2)13-23-22(27)17-7-9-19(10-8-17)26-21-12-20(24-14-25-21)18-6-4-5-16(3)11-18/h4-12,14-15H,13H2,1-3H3,(H,23,27)(H,24,25,26). The zero-order valence-corrected chi connectivity index (χ0v) is 15.9. The van der Waals surface area contributed by atoms with E-state index in [-0.39, 0.29) is 5.91 Å². The highest BCUT2D eigenvalue weighted by Gasteiger charge is 2.07. The van der Waals surface area contributed by atoms with Crippen molar-refractivity contribution in [1.82, 2.24) is 15.3 Å². The normalized spacial score (nSPS) is 10.7. The number of rotatable bonds is 6. The highest BCUT2D eigenvalue weighted by Crippen LogP contribution is 2.22. The van der Waals surface area contributed by atoms with Crippen molar-refractivity contribution in [3.05, 3.63) is 72.1 Å². The van der Waals surface area contributed by atoms with Gasteiger partial charge in [0.05, 0.1) is 5.69 Å². The first kappa shape index (κ1) is 18.6. The van der Waals surface area contributed by atoms with Crippen LogP contribution in [0.3, 0.4) is 0 Å². The van der Waals surface area contributed by atoms with E-state index in [0.29, 0.717) is 23.8 Å². The van der Waals surface area contributed by atoms with Crippen LogP contribution in [0.2, 0.25) is 0 Å². The van der Waals surface area contributed by atoms with Gasteiger partial charge < -0.3 is 10.6 Å². The third-order valence-electron chi connectivity index (χ3n) is 4.07. The molecular weight excluding hydrogens is 336 g/mol. The Morgan fingerprint density at radius 2 is 1.81 bits per heavy atom.